The Morgan fingerprint density at radius 2 is 1.80 bits per heavy atom. The monoisotopic (exact) mass is 355 g/mol. The van der Waals surface area contributed by atoms with Gasteiger partial charge in [-0.2, -0.15) is 5.10 Å². The number of aryl methyl sites for hydroxylation is 1. The Hall–Kier alpha value is -2.80. The van der Waals surface area contributed by atoms with E-state index in [-0.39, 0.29) is 16.6 Å². The molecule has 25 heavy (non-hydrogen) atoms. The zero-order valence-electron chi connectivity index (χ0n) is 13.9. The van der Waals surface area contributed by atoms with Gasteiger partial charge >= 0.3 is 0 Å². The minimum absolute atomic E-state index is 0.199. The highest BCUT2D eigenvalue weighted by Gasteiger charge is 2.23. The highest BCUT2D eigenvalue weighted by molar-refractivity contribution is 7.90. The first-order valence-corrected chi connectivity index (χ1v) is 9.33. The average Bonchev–Trinajstić information content (AvgIpc) is 2.90. The Morgan fingerprint density at radius 1 is 1.08 bits per heavy atom. The molecular weight excluding hydrogens is 338 g/mol. The Balaban J connectivity index is 1.97. The standard InChI is InChI=1S/C18H17N3O3S/c1-13-17(12-25(23,24)16-8-4-3-5-9-16)14(2)21(20-13)18(22)15-7-6-10-19-11-15/h3-11H,12H2,1-2H3. The number of nitrogens with zero attached hydrogens (tertiary/aromatic N) is 3. The Bertz CT molecular complexity index is 1010. The van der Waals surface area contributed by atoms with Crippen molar-refractivity contribution in [3.63, 3.8) is 0 Å². The van der Waals surface area contributed by atoms with E-state index < -0.39 is 9.84 Å². The molecular formula is C18H17N3O3S. The summed E-state index contributed by atoms with van der Waals surface area (Å²) in [5, 5.41) is 4.24. The number of carbonyl (C=O) groups excluding carboxylic acids is 1. The van der Waals surface area contributed by atoms with Crippen LogP contribution >= 0.6 is 0 Å². The summed E-state index contributed by atoms with van der Waals surface area (Å²) in [6.45, 7) is 3.40. The molecule has 2 aromatic heterocycles. The number of hydrogen-bond donors (Lipinski definition) is 0. The summed E-state index contributed by atoms with van der Waals surface area (Å²) in [5.74, 6) is -0.535. The van der Waals surface area contributed by atoms with Crippen LogP contribution < -0.4 is 0 Å². The zero-order chi connectivity index (χ0) is 18.0. The Labute approximate surface area is 146 Å². The van der Waals surface area contributed by atoms with Crippen molar-refractivity contribution >= 4 is 15.7 Å². The van der Waals surface area contributed by atoms with E-state index in [4.69, 9.17) is 0 Å². The number of carbonyl (C=O) groups is 1. The van der Waals surface area contributed by atoms with Crippen molar-refractivity contribution in [2.45, 2.75) is 24.5 Å². The van der Waals surface area contributed by atoms with Crippen molar-refractivity contribution in [1.29, 1.82) is 0 Å². The van der Waals surface area contributed by atoms with Gasteiger partial charge in [0.15, 0.2) is 9.84 Å². The van der Waals surface area contributed by atoms with E-state index in [2.05, 4.69) is 10.1 Å². The lowest BCUT2D eigenvalue weighted by Crippen LogP contribution is -2.16. The molecule has 0 saturated carbocycles. The molecule has 0 unspecified atom stereocenters. The molecule has 0 N–H and O–H groups in total. The fraction of sp³-hybridized carbons (Fsp3) is 0.167. The summed E-state index contributed by atoms with van der Waals surface area (Å²) in [4.78, 5) is 16.8. The summed E-state index contributed by atoms with van der Waals surface area (Å²) in [6, 6.07) is 11.6. The predicted octanol–water partition coefficient (Wildman–Crippen LogP) is 2.56. The summed E-state index contributed by atoms with van der Waals surface area (Å²) in [5.41, 5.74) is 1.98. The third-order valence-electron chi connectivity index (χ3n) is 3.98. The first kappa shape index (κ1) is 17.0. The lowest BCUT2D eigenvalue weighted by Gasteiger charge is -2.06. The number of sulfone groups is 1. The van der Waals surface area contributed by atoms with E-state index in [0.29, 0.717) is 22.5 Å². The van der Waals surface area contributed by atoms with Gasteiger partial charge in [-0.05, 0) is 38.1 Å². The molecule has 6 nitrogen and oxygen atoms in total. The fourth-order valence-corrected chi connectivity index (χ4v) is 4.13. The summed E-state index contributed by atoms with van der Waals surface area (Å²) < 4.78 is 26.5. The molecule has 0 atom stereocenters. The number of rotatable bonds is 4. The normalized spacial score (nSPS) is 11.4. The molecule has 2 heterocycles. The molecule has 3 aromatic rings. The highest BCUT2D eigenvalue weighted by Crippen LogP contribution is 2.21. The molecule has 3 rings (SSSR count). The van der Waals surface area contributed by atoms with Crippen LogP contribution in [0.3, 0.4) is 0 Å². The van der Waals surface area contributed by atoms with Crippen molar-refractivity contribution in [3.8, 4) is 0 Å². The maximum Gasteiger partial charge on any atom is 0.279 e. The van der Waals surface area contributed by atoms with Crippen molar-refractivity contribution in [1.82, 2.24) is 14.8 Å². The van der Waals surface area contributed by atoms with Crippen LogP contribution in [0.2, 0.25) is 0 Å². The first-order chi connectivity index (χ1) is 11.9. The van der Waals surface area contributed by atoms with Crippen LogP contribution in [0, 0.1) is 13.8 Å². The molecule has 0 amide bonds. The van der Waals surface area contributed by atoms with Gasteiger partial charge in [0.1, 0.15) is 0 Å². The molecule has 7 heteroatoms. The molecule has 0 bridgehead atoms. The van der Waals surface area contributed by atoms with Gasteiger partial charge < -0.3 is 0 Å². The fourth-order valence-electron chi connectivity index (χ4n) is 2.59. The van der Waals surface area contributed by atoms with E-state index in [9.17, 15) is 13.2 Å². The summed E-state index contributed by atoms with van der Waals surface area (Å²) in [6.07, 6.45) is 3.04. The summed E-state index contributed by atoms with van der Waals surface area (Å²) >= 11 is 0. The Morgan fingerprint density at radius 3 is 2.44 bits per heavy atom. The maximum absolute atomic E-state index is 12.6. The van der Waals surface area contributed by atoms with Crippen LogP contribution in [0.1, 0.15) is 27.3 Å². The number of hydrogen-bond acceptors (Lipinski definition) is 5. The third kappa shape index (κ3) is 3.36. The van der Waals surface area contributed by atoms with Gasteiger partial charge in [0, 0.05) is 23.7 Å². The number of benzene rings is 1. The van der Waals surface area contributed by atoms with Crippen LogP contribution in [0.5, 0.6) is 0 Å². The van der Waals surface area contributed by atoms with Crippen LogP contribution in [0.25, 0.3) is 0 Å². The SMILES string of the molecule is Cc1nn(C(=O)c2cccnc2)c(C)c1CS(=O)(=O)c1ccccc1. The zero-order valence-corrected chi connectivity index (χ0v) is 14.7. The van der Waals surface area contributed by atoms with Gasteiger partial charge in [0.25, 0.3) is 5.91 Å². The minimum Gasteiger partial charge on any atom is -0.267 e. The molecule has 0 fully saturated rings. The van der Waals surface area contributed by atoms with Crippen molar-refractivity contribution in [2.75, 3.05) is 0 Å². The highest BCUT2D eigenvalue weighted by atomic mass is 32.2. The van der Waals surface area contributed by atoms with Crippen LogP contribution in [-0.2, 0) is 15.6 Å². The number of pyridine rings is 1. The summed E-state index contributed by atoms with van der Waals surface area (Å²) in [7, 11) is -3.51. The van der Waals surface area contributed by atoms with Gasteiger partial charge in [-0.1, -0.05) is 18.2 Å². The molecule has 0 aliphatic rings. The van der Waals surface area contributed by atoms with Crippen LogP contribution in [0.15, 0.2) is 59.8 Å². The van der Waals surface area contributed by atoms with E-state index in [1.807, 2.05) is 0 Å². The third-order valence-corrected chi connectivity index (χ3v) is 5.64. The van der Waals surface area contributed by atoms with Crippen LogP contribution in [0.4, 0.5) is 0 Å². The van der Waals surface area contributed by atoms with E-state index in [1.165, 1.54) is 10.9 Å². The minimum atomic E-state index is -3.51. The quantitative estimate of drug-likeness (QED) is 0.718. The van der Waals surface area contributed by atoms with Gasteiger partial charge in [0.2, 0.25) is 0 Å². The van der Waals surface area contributed by atoms with E-state index in [0.717, 1.165) is 0 Å². The predicted molar refractivity (Wildman–Crippen MR) is 93.0 cm³/mol. The number of aromatic nitrogens is 3. The van der Waals surface area contributed by atoms with Crippen molar-refractivity contribution in [2.24, 2.45) is 0 Å². The van der Waals surface area contributed by atoms with Gasteiger partial charge in [-0.25, -0.2) is 13.1 Å². The molecule has 0 aliphatic heterocycles. The van der Waals surface area contributed by atoms with Crippen molar-refractivity contribution < 1.29 is 13.2 Å². The van der Waals surface area contributed by atoms with Gasteiger partial charge in [-0.15, -0.1) is 0 Å². The lowest BCUT2D eigenvalue weighted by molar-refractivity contribution is 0.0942. The first-order valence-electron chi connectivity index (χ1n) is 7.68. The average molecular weight is 355 g/mol. The maximum atomic E-state index is 12.6. The smallest absolute Gasteiger partial charge is 0.267 e. The second kappa shape index (κ2) is 6.60. The van der Waals surface area contributed by atoms with Crippen LogP contribution in [-0.4, -0.2) is 29.1 Å². The van der Waals surface area contributed by atoms with Gasteiger partial charge in [0.05, 0.1) is 21.9 Å². The molecule has 0 radical (unpaired) electrons. The largest absolute Gasteiger partial charge is 0.279 e. The van der Waals surface area contributed by atoms with E-state index >= 15 is 0 Å². The van der Waals surface area contributed by atoms with Crippen molar-refractivity contribution in [3.05, 3.63) is 77.4 Å². The molecule has 128 valence electrons. The topological polar surface area (TPSA) is 81.9 Å². The second-order valence-corrected chi connectivity index (χ2v) is 7.67. The van der Waals surface area contributed by atoms with E-state index in [1.54, 1.807) is 62.5 Å². The molecule has 1 aromatic carbocycles. The molecule has 0 spiro atoms. The molecule has 0 saturated heterocycles. The van der Waals surface area contributed by atoms with Gasteiger partial charge in [-0.3, -0.25) is 9.78 Å². The lowest BCUT2D eigenvalue weighted by atomic mass is 10.2. The second-order valence-electron chi connectivity index (χ2n) is 5.68. The molecule has 0 aliphatic carbocycles. The Kier molecular flexibility index (Phi) is 4.50.